The minimum Gasteiger partial charge on any atom is -0.506 e. The van der Waals surface area contributed by atoms with E-state index in [9.17, 15) is 4.39 Å². The molecule has 0 saturated heterocycles. The van der Waals surface area contributed by atoms with E-state index in [1.165, 1.54) is 10.6 Å². The van der Waals surface area contributed by atoms with Gasteiger partial charge in [-0.25, -0.2) is 9.37 Å². The molecule has 0 aromatic carbocycles. The number of fused-ring (bicyclic) bond motifs is 1. The molecule has 0 unspecified atom stereocenters. The lowest BCUT2D eigenvalue weighted by Gasteiger charge is -1.95. The normalized spacial score (nSPS) is 10.8. The lowest BCUT2D eigenvalue weighted by molar-refractivity contribution is 0.465. The molecule has 0 bridgehead atoms. The predicted molar refractivity (Wildman–Crippen MR) is 41.6 cm³/mol. The lowest BCUT2D eigenvalue weighted by Crippen LogP contribution is -1.86. The molecule has 2 heterocycles. The smallest absolute Gasteiger partial charge is 0.173 e. The van der Waals surface area contributed by atoms with Crippen LogP contribution in [0.1, 0.15) is 5.69 Å². The molecule has 0 aliphatic carbocycles. The van der Waals surface area contributed by atoms with Crippen molar-refractivity contribution in [2.24, 2.45) is 0 Å². The highest BCUT2D eigenvalue weighted by molar-refractivity contribution is 5.44. The number of rotatable bonds is 0. The number of imidazole rings is 1. The molecule has 0 radical (unpaired) electrons. The predicted octanol–water partition coefficient (Wildman–Crippen LogP) is 1.49. The summed E-state index contributed by atoms with van der Waals surface area (Å²) < 4.78 is 14.5. The van der Waals surface area contributed by atoms with Gasteiger partial charge in [0.1, 0.15) is 5.75 Å². The van der Waals surface area contributed by atoms with Crippen LogP contribution in [0, 0.1) is 12.7 Å². The first kappa shape index (κ1) is 7.09. The van der Waals surface area contributed by atoms with Crippen LogP contribution in [0.4, 0.5) is 4.39 Å². The number of aryl methyl sites for hydroxylation is 1. The maximum Gasteiger partial charge on any atom is 0.173 e. The zero-order valence-corrected chi connectivity index (χ0v) is 6.45. The molecule has 0 fully saturated rings. The lowest BCUT2D eigenvalue weighted by atomic mass is 10.4. The van der Waals surface area contributed by atoms with Crippen LogP contribution in [0.5, 0.6) is 5.75 Å². The van der Waals surface area contributed by atoms with Crippen molar-refractivity contribution in [3.63, 3.8) is 0 Å². The second-order valence-corrected chi connectivity index (χ2v) is 2.66. The van der Waals surface area contributed by atoms with Gasteiger partial charge in [0.15, 0.2) is 11.5 Å². The third-order valence-corrected chi connectivity index (χ3v) is 1.61. The summed E-state index contributed by atoms with van der Waals surface area (Å²) in [5.74, 6) is -0.611. The first-order valence-corrected chi connectivity index (χ1v) is 3.50. The third kappa shape index (κ3) is 0.922. The molecule has 2 aromatic rings. The Morgan fingerprint density at radius 3 is 3.00 bits per heavy atom. The van der Waals surface area contributed by atoms with E-state index >= 15 is 0 Å². The number of pyridine rings is 1. The zero-order valence-electron chi connectivity index (χ0n) is 6.45. The van der Waals surface area contributed by atoms with E-state index in [0.29, 0.717) is 0 Å². The molecule has 62 valence electrons. The molecule has 4 heteroatoms. The van der Waals surface area contributed by atoms with Crippen LogP contribution in [0.3, 0.4) is 0 Å². The van der Waals surface area contributed by atoms with Crippen LogP contribution in [-0.4, -0.2) is 14.5 Å². The first-order valence-electron chi connectivity index (χ1n) is 3.50. The molecule has 1 N–H and O–H groups in total. The van der Waals surface area contributed by atoms with Gasteiger partial charge in [-0.1, -0.05) is 0 Å². The molecule has 12 heavy (non-hydrogen) atoms. The van der Waals surface area contributed by atoms with Crippen molar-refractivity contribution in [3.05, 3.63) is 30.0 Å². The average molecular weight is 166 g/mol. The Morgan fingerprint density at radius 2 is 2.25 bits per heavy atom. The summed E-state index contributed by atoms with van der Waals surface area (Å²) in [6.45, 7) is 1.77. The fourth-order valence-corrected chi connectivity index (χ4v) is 1.17. The Balaban J connectivity index is 2.88. The second kappa shape index (κ2) is 2.20. The number of nitrogens with zero attached hydrogens (tertiary/aromatic N) is 2. The Morgan fingerprint density at radius 1 is 1.50 bits per heavy atom. The van der Waals surface area contributed by atoms with Crippen molar-refractivity contribution in [2.45, 2.75) is 6.92 Å². The third-order valence-electron chi connectivity index (χ3n) is 1.61. The number of hydrogen-bond acceptors (Lipinski definition) is 2. The number of aromatic nitrogens is 2. The Hall–Kier alpha value is -1.58. The summed E-state index contributed by atoms with van der Waals surface area (Å²) in [6, 6.07) is 1.04. The van der Waals surface area contributed by atoms with Gasteiger partial charge in [-0.05, 0) is 6.92 Å². The average Bonchev–Trinajstić information content (AvgIpc) is 2.29. The number of aromatic hydroxyl groups is 1. The molecule has 0 saturated carbocycles. The summed E-state index contributed by atoms with van der Waals surface area (Å²) in [5.41, 5.74) is 0.963. The first-order chi connectivity index (χ1) is 5.66. The largest absolute Gasteiger partial charge is 0.506 e. The molecule has 0 atom stereocenters. The maximum atomic E-state index is 13.0. The monoisotopic (exact) mass is 166 g/mol. The van der Waals surface area contributed by atoms with E-state index in [2.05, 4.69) is 4.98 Å². The molecule has 0 aliphatic rings. The Labute approximate surface area is 68.1 Å². The van der Waals surface area contributed by atoms with Crippen LogP contribution >= 0.6 is 0 Å². The van der Waals surface area contributed by atoms with Gasteiger partial charge >= 0.3 is 0 Å². The molecule has 0 aliphatic heterocycles. The molecule has 0 amide bonds. The summed E-state index contributed by atoms with van der Waals surface area (Å²) in [4.78, 5) is 3.93. The summed E-state index contributed by atoms with van der Waals surface area (Å²) in [7, 11) is 0. The molecular weight excluding hydrogens is 159 g/mol. The van der Waals surface area contributed by atoms with Gasteiger partial charge in [-0.2, -0.15) is 0 Å². The molecular formula is C8H7FN2O. The van der Waals surface area contributed by atoms with Gasteiger partial charge in [0.25, 0.3) is 0 Å². The van der Waals surface area contributed by atoms with Gasteiger partial charge in [0, 0.05) is 12.3 Å². The van der Waals surface area contributed by atoms with Crippen LogP contribution in [-0.2, 0) is 0 Å². The quantitative estimate of drug-likeness (QED) is 0.643. The van der Waals surface area contributed by atoms with Crippen LogP contribution < -0.4 is 0 Å². The Kier molecular flexibility index (Phi) is 1.30. The fourth-order valence-electron chi connectivity index (χ4n) is 1.17. The van der Waals surface area contributed by atoms with E-state index in [0.717, 1.165) is 11.8 Å². The van der Waals surface area contributed by atoms with Crippen molar-refractivity contribution < 1.29 is 9.50 Å². The minimum atomic E-state index is -0.511. The fraction of sp³-hybridized carbons (Fsp3) is 0.125. The minimum absolute atomic E-state index is 0.0996. The second-order valence-electron chi connectivity index (χ2n) is 2.66. The SMILES string of the molecule is Cc1cn2cc(O)cc(F)c2n1. The van der Waals surface area contributed by atoms with Crippen LogP contribution in [0.2, 0.25) is 0 Å². The maximum absolute atomic E-state index is 13.0. The molecule has 3 nitrogen and oxygen atoms in total. The van der Waals surface area contributed by atoms with Crippen molar-refractivity contribution in [3.8, 4) is 5.75 Å². The van der Waals surface area contributed by atoms with E-state index in [4.69, 9.17) is 5.11 Å². The standard InChI is InChI=1S/C8H7FN2O/c1-5-3-11-4-6(12)2-7(9)8(11)10-5/h2-4,12H,1H3. The molecule has 2 aromatic heterocycles. The number of halogens is 1. The van der Waals surface area contributed by atoms with Crippen molar-refractivity contribution in [1.82, 2.24) is 9.38 Å². The van der Waals surface area contributed by atoms with E-state index in [-0.39, 0.29) is 11.4 Å². The molecule has 2 rings (SSSR count). The summed E-state index contributed by atoms with van der Waals surface area (Å²) >= 11 is 0. The summed E-state index contributed by atoms with van der Waals surface area (Å²) in [5, 5.41) is 9.03. The van der Waals surface area contributed by atoms with E-state index in [1.54, 1.807) is 13.1 Å². The highest BCUT2D eigenvalue weighted by Gasteiger charge is 2.05. The molecule has 0 spiro atoms. The van der Waals surface area contributed by atoms with Gasteiger partial charge in [0.05, 0.1) is 11.9 Å². The van der Waals surface area contributed by atoms with Gasteiger partial charge < -0.3 is 9.51 Å². The number of hydrogen-bond donors (Lipinski definition) is 1. The van der Waals surface area contributed by atoms with Crippen LogP contribution in [0.25, 0.3) is 5.65 Å². The zero-order chi connectivity index (χ0) is 8.72. The van der Waals surface area contributed by atoms with Crippen molar-refractivity contribution >= 4 is 5.65 Å². The van der Waals surface area contributed by atoms with Gasteiger partial charge in [0.2, 0.25) is 0 Å². The topological polar surface area (TPSA) is 37.5 Å². The van der Waals surface area contributed by atoms with Crippen molar-refractivity contribution in [1.29, 1.82) is 0 Å². The van der Waals surface area contributed by atoms with Gasteiger partial charge in [-0.15, -0.1) is 0 Å². The highest BCUT2D eigenvalue weighted by atomic mass is 19.1. The van der Waals surface area contributed by atoms with Gasteiger partial charge in [-0.3, -0.25) is 0 Å². The van der Waals surface area contributed by atoms with E-state index in [1.807, 2.05) is 0 Å². The Bertz CT molecular complexity index is 436. The van der Waals surface area contributed by atoms with E-state index < -0.39 is 5.82 Å². The van der Waals surface area contributed by atoms with Crippen LogP contribution in [0.15, 0.2) is 18.5 Å². The van der Waals surface area contributed by atoms with Crippen molar-refractivity contribution in [2.75, 3.05) is 0 Å². The highest BCUT2D eigenvalue weighted by Crippen LogP contribution is 2.15. The summed E-state index contributed by atoms with van der Waals surface area (Å²) in [6.07, 6.45) is 3.07.